The van der Waals surface area contributed by atoms with E-state index in [-0.39, 0.29) is 6.03 Å². The van der Waals surface area contributed by atoms with Crippen LogP contribution < -0.4 is 16.3 Å². The largest absolute Gasteiger partial charge is 0.338 e. The summed E-state index contributed by atoms with van der Waals surface area (Å²) in [6.07, 6.45) is 0. The van der Waals surface area contributed by atoms with Crippen LogP contribution in [0.15, 0.2) is 97.1 Å². The van der Waals surface area contributed by atoms with E-state index in [0.717, 1.165) is 39.1 Å². The van der Waals surface area contributed by atoms with Gasteiger partial charge in [0.2, 0.25) is 5.62 Å². The number of carbonyl (C=O) groups is 1. The molecule has 36 heavy (non-hydrogen) atoms. The molecule has 5 aromatic rings. The number of carbonyl (C=O) groups excluding carboxylic acids is 1. The normalized spacial score (nSPS) is 10.9. The maximum absolute atomic E-state index is 12.1. The Kier molecular flexibility index (Phi) is 6.60. The van der Waals surface area contributed by atoms with Crippen molar-refractivity contribution < 1.29 is 4.79 Å². The second-order valence-electron chi connectivity index (χ2n) is 8.40. The Morgan fingerprint density at radius 3 is 2.28 bits per heavy atom. The van der Waals surface area contributed by atoms with Crippen LogP contribution in [-0.4, -0.2) is 21.7 Å². The number of benzene rings is 4. The van der Waals surface area contributed by atoms with Crippen LogP contribution in [-0.2, 0) is 6.54 Å². The number of rotatable bonds is 6. The second kappa shape index (κ2) is 10.1. The number of hydrogen-bond donors (Lipinski definition) is 3. The first kappa shape index (κ1) is 23.5. The molecule has 1 aromatic heterocycles. The fraction of sp³-hybridized carbons (Fsp3) is 0.103. The van der Waals surface area contributed by atoms with E-state index < -0.39 is 0 Å². The van der Waals surface area contributed by atoms with Crippen molar-refractivity contribution in [2.24, 2.45) is 0 Å². The lowest BCUT2D eigenvalue weighted by molar-refractivity contribution is 0.252. The van der Waals surface area contributed by atoms with E-state index in [1.54, 1.807) is 0 Å². The fourth-order valence-electron chi connectivity index (χ4n) is 4.41. The van der Waals surface area contributed by atoms with Gasteiger partial charge in [-0.25, -0.2) is 4.79 Å². The van der Waals surface area contributed by atoms with Crippen molar-refractivity contribution in [3.63, 3.8) is 0 Å². The smallest absolute Gasteiger partial charge is 0.319 e. The summed E-state index contributed by atoms with van der Waals surface area (Å²) in [5.41, 5.74) is 6.75. The summed E-state index contributed by atoms with van der Waals surface area (Å²) in [4.78, 5) is 12.1. The van der Waals surface area contributed by atoms with Gasteiger partial charge in [0.1, 0.15) is 0 Å². The number of nitrogens with zero attached hydrogens (tertiary/aromatic N) is 2. The molecular formula is C29H26ClN5O. The van der Waals surface area contributed by atoms with Crippen molar-refractivity contribution in [2.45, 2.75) is 13.5 Å². The lowest BCUT2D eigenvalue weighted by atomic mass is 10.0. The Hall–Kier alpha value is -4.29. The van der Waals surface area contributed by atoms with Crippen LogP contribution in [0, 0.1) is 5.41 Å². The van der Waals surface area contributed by atoms with Gasteiger partial charge in [0.15, 0.2) is 0 Å². The predicted octanol–water partition coefficient (Wildman–Crippen LogP) is 6.42. The van der Waals surface area contributed by atoms with Gasteiger partial charge >= 0.3 is 6.03 Å². The molecular weight excluding hydrogens is 470 g/mol. The van der Waals surface area contributed by atoms with Gasteiger partial charge in [-0.3, -0.25) is 9.98 Å². The number of urea groups is 1. The first-order chi connectivity index (χ1) is 17.6. The van der Waals surface area contributed by atoms with Gasteiger partial charge in [0, 0.05) is 22.8 Å². The van der Waals surface area contributed by atoms with Crippen molar-refractivity contribution in [1.82, 2.24) is 14.5 Å². The van der Waals surface area contributed by atoms with E-state index >= 15 is 0 Å². The Labute approximate surface area is 214 Å². The summed E-state index contributed by atoms with van der Waals surface area (Å²) in [5, 5.41) is 15.4. The summed E-state index contributed by atoms with van der Waals surface area (Å²) in [5.74, 6) is 0. The van der Waals surface area contributed by atoms with E-state index in [1.807, 2.05) is 113 Å². The Balaban J connectivity index is 1.54. The minimum absolute atomic E-state index is 0.234. The molecule has 180 valence electrons. The number of fused-ring (bicyclic) bond motifs is 1. The number of halogens is 1. The minimum Gasteiger partial charge on any atom is -0.338 e. The Morgan fingerprint density at radius 2 is 1.53 bits per heavy atom. The van der Waals surface area contributed by atoms with Crippen molar-refractivity contribution in [1.29, 1.82) is 5.41 Å². The third-order valence-corrected chi connectivity index (χ3v) is 6.49. The Morgan fingerprint density at radius 1 is 0.861 bits per heavy atom. The molecule has 4 aromatic carbocycles. The number of aromatic nitrogens is 2. The lowest BCUT2D eigenvalue weighted by Crippen LogP contribution is -2.28. The van der Waals surface area contributed by atoms with E-state index in [1.165, 1.54) is 0 Å². The molecule has 0 unspecified atom stereocenters. The highest BCUT2D eigenvalue weighted by molar-refractivity contribution is 6.31. The number of imidazole rings is 1. The van der Waals surface area contributed by atoms with Gasteiger partial charge in [0.05, 0.1) is 23.3 Å². The highest BCUT2D eigenvalue weighted by Crippen LogP contribution is 2.29. The summed E-state index contributed by atoms with van der Waals surface area (Å²) in [7, 11) is 0. The highest BCUT2D eigenvalue weighted by Gasteiger charge is 2.14. The molecule has 3 N–H and O–H groups in total. The quantitative estimate of drug-likeness (QED) is 0.250. The first-order valence-electron chi connectivity index (χ1n) is 11.8. The molecule has 7 heteroatoms. The van der Waals surface area contributed by atoms with Crippen LogP contribution in [0.25, 0.3) is 27.8 Å². The van der Waals surface area contributed by atoms with Crippen LogP contribution in [0.4, 0.5) is 10.5 Å². The van der Waals surface area contributed by atoms with E-state index in [9.17, 15) is 4.79 Å². The standard InChI is InChI=1S/C29H26ClN5O/c1-2-32-29(36)33-25-12-6-4-10-23(25)20-15-17-22(18-16-20)35-27-14-8-7-13-26(27)34(28(35)31)19-21-9-3-5-11-24(21)30/h3-18,31H,2,19H2,1H3,(H2,32,33,36). The van der Waals surface area contributed by atoms with Crippen LogP contribution >= 0.6 is 11.6 Å². The summed E-state index contributed by atoms with van der Waals surface area (Å²) in [6, 6.07) is 31.3. The molecule has 5 rings (SSSR count). The molecule has 0 aliphatic carbocycles. The first-order valence-corrected chi connectivity index (χ1v) is 12.2. The number of hydrogen-bond acceptors (Lipinski definition) is 2. The molecule has 0 fully saturated rings. The number of anilines is 1. The molecule has 0 saturated carbocycles. The highest BCUT2D eigenvalue weighted by atomic mass is 35.5. The molecule has 0 aliphatic heterocycles. The molecule has 0 bridgehead atoms. The predicted molar refractivity (Wildman–Crippen MR) is 146 cm³/mol. The molecule has 1 heterocycles. The van der Waals surface area contributed by atoms with Gasteiger partial charge < -0.3 is 15.2 Å². The van der Waals surface area contributed by atoms with E-state index in [2.05, 4.69) is 10.6 Å². The van der Waals surface area contributed by atoms with Gasteiger partial charge in [-0.15, -0.1) is 0 Å². The molecule has 0 atom stereocenters. The van der Waals surface area contributed by atoms with Crippen LogP contribution in [0.5, 0.6) is 0 Å². The average Bonchev–Trinajstić information content (AvgIpc) is 3.17. The van der Waals surface area contributed by atoms with Gasteiger partial charge in [-0.1, -0.05) is 72.3 Å². The summed E-state index contributed by atoms with van der Waals surface area (Å²) < 4.78 is 3.91. The SMILES string of the molecule is CCNC(=O)Nc1ccccc1-c1ccc(-n2c(=N)n(Cc3ccccc3Cl)c3ccccc32)cc1. The van der Waals surface area contributed by atoms with E-state index in [0.29, 0.717) is 23.7 Å². The number of nitrogens with one attached hydrogen (secondary N) is 3. The fourth-order valence-corrected chi connectivity index (χ4v) is 4.61. The van der Waals surface area contributed by atoms with Crippen molar-refractivity contribution in [2.75, 3.05) is 11.9 Å². The average molecular weight is 496 g/mol. The van der Waals surface area contributed by atoms with Gasteiger partial charge in [0.25, 0.3) is 0 Å². The number of amides is 2. The Bertz CT molecular complexity index is 1600. The topological polar surface area (TPSA) is 74.8 Å². The van der Waals surface area contributed by atoms with Crippen molar-refractivity contribution in [3.8, 4) is 16.8 Å². The van der Waals surface area contributed by atoms with Gasteiger partial charge in [-0.05, 0) is 54.4 Å². The molecule has 0 aliphatic rings. The van der Waals surface area contributed by atoms with Crippen LogP contribution in [0.2, 0.25) is 5.02 Å². The molecule has 0 spiro atoms. The summed E-state index contributed by atoms with van der Waals surface area (Å²) in [6.45, 7) is 2.94. The third kappa shape index (κ3) is 4.51. The van der Waals surface area contributed by atoms with E-state index in [4.69, 9.17) is 17.0 Å². The summed E-state index contributed by atoms with van der Waals surface area (Å²) >= 11 is 6.43. The molecule has 2 amide bonds. The maximum Gasteiger partial charge on any atom is 0.319 e. The third-order valence-electron chi connectivity index (χ3n) is 6.12. The zero-order chi connectivity index (χ0) is 25.1. The minimum atomic E-state index is -0.234. The molecule has 0 radical (unpaired) electrons. The number of para-hydroxylation sites is 3. The van der Waals surface area contributed by atoms with Gasteiger partial charge in [-0.2, -0.15) is 0 Å². The monoisotopic (exact) mass is 495 g/mol. The molecule has 6 nitrogen and oxygen atoms in total. The van der Waals surface area contributed by atoms with Crippen LogP contribution in [0.1, 0.15) is 12.5 Å². The maximum atomic E-state index is 12.1. The van der Waals surface area contributed by atoms with Crippen molar-refractivity contribution >= 4 is 34.4 Å². The zero-order valence-corrected chi connectivity index (χ0v) is 20.6. The lowest BCUT2D eigenvalue weighted by Gasteiger charge is -2.12. The van der Waals surface area contributed by atoms with Crippen molar-refractivity contribution in [3.05, 3.63) is 113 Å². The molecule has 0 saturated heterocycles. The van der Waals surface area contributed by atoms with Crippen LogP contribution in [0.3, 0.4) is 0 Å². The zero-order valence-electron chi connectivity index (χ0n) is 19.8. The second-order valence-corrected chi connectivity index (χ2v) is 8.81.